The molecule has 0 aliphatic rings. The van der Waals surface area contributed by atoms with E-state index in [4.69, 9.17) is 0 Å². The predicted octanol–water partition coefficient (Wildman–Crippen LogP) is 3.22. The fourth-order valence-corrected chi connectivity index (χ4v) is 2.84. The normalized spacial score (nSPS) is 12.2. The number of nitro groups is 1. The number of hydrogen-bond donors (Lipinski definition) is 0. The quantitative estimate of drug-likeness (QED) is 0.348. The largest absolute Gasteiger partial charge is 0.298 e. The molecule has 1 aromatic rings. The molecule has 15 heavy (non-hydrogen) atoms. The van der Waals surface area contributed by atoms with Gasteiger partial charge >= 0.3 is 0 Å². The van der Waals surface area contributed by atoms with Crippen LogP contribution in [0.1, 0.15) is 17.3 Å². The molecule has 1 atom stereocenters. The monoisotopic (exact) mass is 383 g/mol. The highest BCUT2D eigenvalue weighted by molar-refractivity contribution is 14.1. The topological polar surface area (TPSA) is 60.2 Å². The lowest BCUT2D eigenvalue weighted by atomic mass is 10.1. The van der Waals surface area contributed by atoms with Gasteiger partial charge in [-0.25, -0.2) is 0 Å². The van der Waals surface area contributed by atoms with Crippen LogP contribution in [-0.2, 0) is 4.79 Å². The van der Waals surface area contributed by atoms with Crippen LogP contribution in [0.25, 0.3) is 0 Å². The Labute approximate surface area is 108 Å². The molecular formula is C9H7BrINO3. The molecule has 1 unspecified atom stereocenters. The zero-order chi connectivity index (χ0) is 11.6. The zero-order valence-electron chi connectivity index (χ0n) is 7.74. The van der Waals surface area contributed by atoms with Gasteiger partial charge in [-0.05, 0) is 35.6 Å². The van der Waals surface area contributed by atoms with Gasteiger partial charge in [0, 0.05) is 9.64 Å². The van der Waals surface area contributed by atoms with Crippen LogP contribution in [0.4, 0.5) is 5.69 Å². The molecule has 0 radical (unpaired) electrons. The van der Waals surface area contributed by atoms with Crippen LogP contribution < -0.4 is 0 Å². The van der Waals surface area contributed by atoms with Crippen LogP contribution >= 0.6 is 38.5 Å². The van der Waals surface area contributed by atoms with Crippen molar-refractivity contribution >= 4 is 50.0 Å². The number of alkyl halides is 1. The Morgan fingerprint density at radius 3 is 2.67 bits per heavy atom. The van der Waals surface area contributed by atoms with Crippen molar-refractivity contribution in [1.29, 1.82) is 0 Å². The molecule has 0 aliphatic heterocycles. The lowest BCUT2D eigenvalue weighted by Gasteiger charge is -2.08. The van der Waals surface area contributed by atoms with Crippen molar-refractivity contribution in [3.63, 3.8) is 0 Å². The molecule has 4 nitrogen and oxygen atoms in total. The van der Waals surface area contributed by atoms with Crippen molar-refractivity contribution in [2.45, 2.75) is 11.8 Å². The van der Waals surface area contributed by atoms with E-state index in [2.05, 4.69) is 15.9 Å². The highest BCUT2D eigenvalue weighted by atomic mass is 127. The minimum absolute atomic E-state index is 0.0287. The van der Waals surface area contributed by atoms with Gasteiger partial charge < -0.3 is 0 Å². The number of ketones is 1. The van der Waals surface area contributed by atoms with Gasteiger partial charge in [0.05, 0.1) is 10.5 Å². The maximum Gasteiger partial charge on any atom is 0.275 e. The van der Waals surface area contributed by atoms with Gasteiger partial charge in [-0.3, -0.25) is 14.9 Å². The molecule has 80 valence electrons. The molecule has 0 spiro atoms. The van der Waals surface area contributed by atoms with E-state index in [1.807, 2.05) is 22.6 Å². The lowest BCUT2D eigenvalue weighted by molar-refractivity contribution is -0.385. The highest BCUT2D eigenvalue weighted by Gasteiger charge is 2.25. The van der Waals surface area contributed by atoms with E-state index in [0.29, 0.717) is 9.13 Å². The second-order valence-corrected chi connectivity index (χ2v) is 4.98. The fourth-order valence-electron chi connectivity index (χ4n) is 1.14. The molecule has 6 heteroatoms. The second kappa shape index (κ2) is 5.02. The number of carbonyl (C=O) groups excluding carboxylic acids is 1. The predicted molar refractivity (Wildman–Crippen MR) is 68.2 cm³/mol. The number of Topliss-reactive ketones (excluding diaryl/α,β-unsaturated/α-hetero) is 1. The molecule has 0 fully saturated rings. The number of rotatable bonds is 3. The summed E-state index contributed by atoms with van der Waals surface area (Å²) >= 11 is 5.14. The van der Waals surface area contributed by atoms with Crippen molar-refractivity contribution in [2.24, 2.45) is 0 Å². The van der Waals surface area contributed by atoms with E-state index in [0.717, 1.165) is 0 Å². The van der Waals surface area contributed by atoms with Crippen LogP contribution in [0.5, 0.6) is 0 Å². The Morgan fingerprint density at radius 2 is 2.20 bits per heavy atom. The number of benzene rings is 1. The third kappa shape index (κ3) is 2.75. The Bertz CT molecular complexity index is 422. The molecule has 0 aliphatic carbocycles. The summed E-state index contributed by atoms with van der Waals surface area (Å²) in [5.41, 5.74) is 0.398. The summed E-state index contributed by atoms with van der Waals surface area (Å²) in [5, 5.41) is 10.8. The van der Waals surface area contributed by atoms with E-state index in [1.54, 1.807) is 12.1 Å². The molecule has 0 amide bonds. The third-order valence-corrected chi connectivity index (χ3v) is 3.88. The summed E-state index contributed by atoms with van der Waals surface area (Å²) < 4.78 is 0.707. The highest BCUT2D eigenvalue weighted by Crippen LogP contribution is 2.35. The standard InChI is InChI=1S/C9H7BrINO3/c1-5(13)9(10)8-6(11)3-2-4-7(8)12(14)15/h2-4,9H,1H3. The molecule has 0 saturated heterocycles. The number of nitrogens with zero attached hydrogens (tertiary/aromatic N) is 1. The Hall–Kier alpha value is -0.500. The van der Waals surface area contributed by atoms with Gasteiger partial charge in [-0.2, -0.15) is 0 Å². The summed E-state index contributed by atoms with van der Waals surface area (Å²) in [6.07, 6.45) is 0. The minimum atomic E-state index is -0.619. The van der Waals surface area contributed by atoms with Crippen LogP contribution in [-0.4, -0.2) is 10.7 Å². The summed E-state index contributed by atoms with van der Waals surface area (Å²) in [6.45, 7) is 1.40. The minimum Gasteiger partial charge on any atom is -0.298 e. The molecule has 0 saturated carbocycles. The number of carbonyl (C=O) groups is 1. The van der Waals surface area contributed by atoms with E-state index in [9.17, 15) is 14.9 Å². The molecule has 0 bridgehead atoms. The smallest absolute Gasteiger partial charge is 0.275 e. The number of nitro benzene ring substituents is 1. The van der Waals surface area contributed by atoms with Gasteiger partial charge in [0.2, 0.25) is 0 Å². The maximum absolute atomic E-state index is 11.2. The molecule has 1 rings (SSSR count). The first kappa shape index (κ1) is 12.6. The Morgan fingerprint density at radius 1 is 1.60 bits per heavy atom. The Kier molecular flexibility index (Phi) is 4.21. The van der Waals surface area contributed by atoms with Crippen LogP contribution in [0.3, 0.4) is 0 Å². The number of hydrogen-bond acceptors (Lipinski definition) is 3. The van der Waals surface area contributed by atoms with Crippen LogP contribution in [0.15, 0.2) is 18.2 Å². The van der Waals surface area contributed by atoms with Crippen molar-refractivity contribution in [1.82, 2.24) is 0 Å². The molecule has 1 aromatic carbocycles. The van der Waals surface area contributed by atoms with E-state index >= 15 is 0 Å². The van der Waals surface area contributed by atoms with Crippen molar-refractivity contribution in [2.75, 3.05) is 0 Å². The van der Waals surface area contributed by atoms with E-state index in [1.165, 1.54) is 13.0 Å². The summed E-state index contributed by atoms with van der Waals surface area (Å²) in [7, 11) is 0. The summed E-state index contributed by atoms with van der Waals surface area (Å²) in [6, 6.07) is 4.73. The summed E-state index contributed by atoms with van der Waals surface area (Å²) in [5.74, 6) is -0.151. The zero-order valence-corrected chi connectivity index (χ0v) is 11.5. The Balaban J connectivity index is 3.37. The molecule has 0 aromatic heterocycles. The van der Waals surface area contributed by atoms with Crippen molar-refractivity contribution < 1.29 is 9.72 Å². The SMILES string of the molecule is CC(=O)C(Br)c1c(I)cccc1[N+](=O)[O-]. The van der Waals surface area contributed by atoms with Gasteiger partial charge in [0.25, 0.3) is 5.69 Å². The summed E-state index contributed by atoms with van der Waals surface area (Å²) in [4.78, 5) is 20.9. The van der Waals surface area contributed by atoms with Gasteiger partial charge in [-0.1, -0.05) is 22.0 Å². The molecule has 0 N–H and O–H groups in total. The van der Waals surface area contributed by atoms with E-state index in [-0.39, 0.29) is 11.5 Å². The van der Waals surface area contributed by atoms with Gasteiger partial charge in [0.1, 0.15) is 10.6 Å². The third-order valence-electron chi connectivity index (χ3n) is 1.84. The lowest BCUT2D eigenvalue weighted by Crippen LogP contribution is -2.06. The first-order chi connectivity index (χ1) is 6.95. The maximum atomic E-state index is 11.2. The first-order valence-electron chi connectivity index (χ1n) is 4.02. The van der Waals surface area contributed by atoms with Crippen molar-refractivity contribution in [3.8, 4) is 0 Å². The van der Waals surface area contributed by atoms with Gasteiger partial charge in [-0.15, -0.1) is 0 Å². The molecule has 0 heterocycles. The van der Waals surface area contributed by atoms with E-state index < -0.39 is 9.75 Å². The van der Waals surface area contributed by atoms with Gasteiger partial charge in [0.15, 0.2) is 0 Å². The first-order valence-corrected chi connectivity index (χ1v) is 6.02. The average Bonchev–Trinajstić information content (AvgIpc) is 2.16. The second-order valence-electron chi connectivity index (χ2n) is 2.90. The number of halogens is 2. The molecular weight excluding hydrogens is 377 g/mol. The van der Waals surface area contributed by atoms with Crippen LogP contribution in [0.2, 0.25) is 0 Å². The fraction of sp³-hybridized carbons (Fsp3) is 0.222. The van der Waals surface area contributed by atoms with Crippen LogP contribution in [0, 0.1) is 13.7 Å². The average molecular weight is 384 g/mol. The van der Waals surface area contributed by atoms with Crippen molar-refractivity contribution in [3.05, 3.63) is 37.4 Å².